The van der Waals surface area contributed by atoms with E-state index in [1.807, 2.05) is 6.92 Å². The molecule has 1 unspecified atom stereocenters. The number of amides is 1. The van der Waals surface area contributed by atoms with Crippen molar-refractivity contribution < 1.29 is 9.90 Å². The predicted molar refractivity (Wildman–Crippen MR) is 59.6 cm³/mol. The fourth-order valence-corrected chi connectivity index (χ4v) is 1.20. The Balaban J connectivity index is 2.50. The van der Waals surface area contributed by atoms with Gasteiger partial charge < -0.3 is 16.2 Å². The number of nitrogens with one attached hydrogen (secondary N) is 1. The first-order valence-corrected chi connectivity index (χ1v) is 5.10. The zero-order valence-electron chi connectivity index (χ0n) is 9.18. The van der Waals surface area contributed by atoms with E-state index in [1.165, 1.54) is 12.4 Å². The summed E-state index contributed by atoms with van der Waals surface area (Å²) in [6.07, 6.45) is 3.50. The van der Waals surface area contributed by atoms with Gasteiger partial charge in [-0.1, -0.05) is 6.92 Å². The normalized spacial score (nSPS) is 12.1. The summed E-state index contributed by atoms with van der Waals surface area (Å²) in [4.78, 5) is 19.2. The highest BCUT2D eigenvalue weighted by Gasteiger charge is 2.12. The Bertz CT molecular complexity index is 356. The second kappa shape index (κ2) is 6.02. The summed E-state index contributed by atoms with van der Waals surface area (Å²) in [5.74, 6) is -0.00273. The number of nitrogens with two attached hydrogens (primary N) is 1. The minimum atomic E-state index is -0.338. The summed E-state index contributed by atoms with van der Waals surface area (Å²) in [7, 11) is 0. The lowest BCUT2D eigenvalue weighted by atomic mass is 10.1. The van der Waals surface area contributed by atoms with Crippen molar-refractivity contribution in [3.8, 4) is 0 Å². The Hall–Kier alpha value is -1.69. The maximum absolute atomic E-state index is 11.6. The molecule has 0 aliphatic rings. The number of aliphatic hydroxyl groups excluding tert-OH is 1. The fraction of sp³-hybridized carbons (Fsp3) is 0.500. The number of aromatic nitrogens is 2. The fourth-order valence-electron chi connectivity index (χ4n) is 1.20. The van der Waals surface area contributed by atoms with E-state index in [1.54, 1.807) is 0 Å². The predicted octanol–water partition coefficient (Wildman–Crippen LogP) is -0.193. The molecule has 1 heterocycles. The van der Waals surface area contributed by atoms with Gasteiger partial charge in [0.2, 0.25) is 0 Å². The number of rotatable bonds is 5. The first kappa shape index (κ1) is 12.4. The van der Waals surface area contributed by atoms with E-state index >= 15 is 0 Å². The van der Waals surface area contributed by atoms with E-state index in [4.69, 9.17) is 10.8 Å². The maximum Gasteiger partial charge on any atom is 0.273 e. The Morgan fingerprint density at radius 1 is 1.56 bits per heavy atom. The van der Waals surface area contributed by atoms with Crippen molar-refractivity contribution in [3.63, 3.8) is 0 Å². The number of anilines is 1. The topological polar surface area (TPSA) is 101 Å². The molecule has 1 aromatic rings. The van der Waals surface area contributed by atoms with Gasteiger partial charge in [0, 0.05) is 25.5 Å². The molecule has 1 rings (SSSR count). The molecule has 0 spiro atoms. The van der Waals surface area contributed by atoms with Gasteiger partial charge in [-0.2, -0.15) is 0 Å². The van der Waals surface area contributed by atoms with Crippen LogP contribution in [0.5, 0.6) is 0 Å². The summed E-state index contributed by atoms with van der Waals surface area (Å²) < 4.78 is 0. The third-order valence-corrected chi connectivity index (χ3v) is 2.17. The second-order valence-corrected chi connectivity index (χ2v) is 3.62. The van der Waals surface area contributed by atoms with Crippen LogP contribution in [-0.4, -0.2) is 34.1 Å². The van der Waals surface area contributed by atoms with Crippen molar-refractivity contribution in [1.82, 2.24) is 15.3 Å². The Morgan fingerprint density at radius 2 is 2.25 bits per heavy atom. The van der Waals surface area contributed by atoms with Gasteiger partial charge >= 0.3 is 0 Å². The zero-order chi connectivity index (χ0) is 12.0. The van der Waals surface area contributed by atoms with Crippen LogP contribution in [-0.2, 0) is 0 Å². The minimum Gasteiger partial charge on any atom is -0.396 e. The van der Waals surface area contributed by atoms with Gasteiger partial charge in [-0.15, -0.1) is 0 Å². The standard InChI is InChI=1S/C10H16N4O2/c1-7(2-5-15)6-14-10(16)8-9(11)13-4-3-12-8/h3-4,7,15H,2,5-6H2,1H3,(H2,11,13)(H,14,16). The van der Waals surface area contributed by atoms with Crippen LogP contribution in [0.25, 0.3) is 0 Å². The highest BCUT2D eigenvalue weighted by atomic mass is 16.3. The number of carbonyl (C=O) groups excluding carboxylic acids is 1. The van der Waals surface area contributed by atoms with Gasteiger partial charge in [0.15, 0.2) is 11.5 Å². The average Bonchev–Trinajstić information content (AvgIpc) is 2.27. The molecule has 0 fully saturated rings. The Morgan fingerprint density at radius 3 is 2.88 bits per heavy atom. The molecular weight excluding hydrogens is 208 g/mol. The van der Waals surface area contributed by atoms with Crippen LogP contribution < -0.4 is 11.1 Å². The first-order chi connectivity index (χ1) is 7.65. The van der Waals surface area contributed by atoms with E-state index in [-0.39, 0.29) is 29.9 Å². The van der Waals surface area contributed by atoms with Gasteiger partial charge in [-0.25, -0.2) is 9.97 Å². The van der Waals surface area contributed by atoms with Crippen LogP contribution in [0.2, 0.25) is 0 Å². The van der Waals surface area contributed by atoms with Gasteiger partial charge in [0.1, 0.15) is 0 Å². The van der Waals surface area contributed by atoms with Gasteiger partial charge in [-0.05, 0) is 12.3 Å². The summed E-state index contributed by atoms with van der Waals surface area (Å²) in [6, 6.07) is 0. The van der Waals surface area contributed by atoms with E-state index < -0.39 is 0 Å². The van der Waals surface area contributed by atoms with Crippen LogP contribution in [0.1, 0.15) is 23.8 Å². The molecule has 0 radical (unpaired) electrons. The second-order valence-electron chi connectivity index (χ2n) is 3.62. The van der Waals surface area contributed by atoms with Crippen molar-refractivity contribution in [2.45, 2.75) is 13.3 Å². The van der Waals surface area contributed by atoms with Crippen molar-refractivity contribution in [2.75, 3.05) is 18.9 Å². The summed E-state index contributed by atoms with van der Waals surface area (Å²) in [5.41, 5.74) is 5.65. The van der Waals surface area contributed by atoms with Crippen LogP contribution in [0, 0.1) is 5.92 Å². The molecule has 0 saturated carbocycles. The summed E-state index contributed by atoms with van der Waals surface area (Å²) in [6.45, 7) is 2.54. The molecule has 4 N–H and O–H groups in total. The summed E-state index contributed by atoms with van der Waals surface area (Å²) >= 11 is 0. The highest BCUT2D eigenvalue weighted by Crippen LogP contribution is 2.03. The number of carbonyl (C=O) groups is 1. The lowest BCUT2D eigenvalue weighted by Gasteiger charge is -2.11. The smallest absolute Gasteiger partial charge is 0.273 e. The number of nitrogens with zero attached hydrogens (tertiary/aromatic N) is 2. The molecule has 0 bridgehead atoms. The van der Waals surface area contributed by atoms with Crippen LogP contribution in [0.3, 0.4) is 0 Å². The third-order valence-electron chi connectivity index (χ3n) is 2.17. The van der Waals surface area contributed by atoms with Crippen molar-refractivity contribution in [3.05, 3.63) is 18.1 Å². The molecule has 0 aliphatic heterocycles. The quantitative estimate of drug-likeness (QED) is 0.643. The van der Waals surface area contributed by atoms with Crippen LogP contribution >= 0.6 is 0 Å². The van der Waals surface area contributed by atoms with E-state index in [2.05, 4.69) is 15.3 Å². The van der Waals surface area contributed by atoms with Crippen LogP contribution in [0.15, 0.2) is 12.4 Å². The van der Waals surface area contributed by atoms with Crippen molar-refractivity contribution in [1.29, 1.82) is 0 Å². The lowest BCUT2D eigenvalue weighted by Crippen LogP contribution is -2.30. The molecule has 6 nitrogen and oxygen atoms in total. The molecule has 16 heavy (non-hydrogen) atoms. The summed E-state index contributed by atoms with van der Waals surface area (Å²) in [5, 5.41) is 11.4. The number of hydrogen-bond donors (Lipinski definition) is 3. The van der Waals surface area contributed by atoms with E-state index in [0.29, 0.717) is 13.0 Å². The van der Waals surface area contributed by atoms with E-state index in [9.17, 15) is 4.79 Å². The zero-order valence-corrected chi connectivity index (χ0v) is 9.18. The molecule has 0 saturated heterocycles. The first-order valence-electron chi connectivity index (χ1n) is 5.10. The average molecular weight is 224 g/mol. The van der Waals surface area contributed by atoms with Gasteiger partial charge in [0.25, 0.3) is 5.91 Å². The molecule has 1 aromatic heterocycles. The number of hydrogen-bond acceptors (Lipinski definition) is 5. The molecule has 1 atom stereocenters. The van der Waals surface area contributed by atoms with Gasteiger partial charge in [0.05, 0.1) is 0 Å². The monoisotopic (exact) mass is 224 g/mol. The van der Waals surface area contributed by atoms with Gasteiger partial charge in [-0.3, -0.25) is 4.79 Å². The SMILES string of the molecule is CC(CCO)CNC(=O)c1nccnc1N. The largest absolute Gasteiger partial charge is 0.396 e. The molecule has 0 aromatic carbocycles. The molecule has 6 heteroatoms. The number of aliphatic hydroxyl groups is 1. The highest BCUT2D eigenvalue weighted by molar-refractivity contribution is 5.96. The lowest BCUT2D eigenvalue weighted by molar-refractivity contribution is 0.0941. The Kier molecular flexibility index (Phi) is 4.65. The minimum absolute atomic E-state index is 0.115. The van der Waals surface area contributed by atoms with Crippen molar-refractivity contribution >= 4 is 11.7 Å². The molecule has 1 amide bonds. The van der Waals surface area contributed by atoms with E-state index in [0.717, 1.165) is 0 Å². The molecule has 88 valence electrons. The Labute approximate surface area is 93.9 Å². The van der Waals surface area contributed by atoms with Crippen LogP contribution in [0.4, 0.5) is 5.82 Å². The molecule has 0 aliphatic carbocycles. The maximum atomic E-state index is 11.6. The molecular formula is C10H16N4O2. The third kappa shape index (κ3) is 3.47. The number of nitrogen functional groups attached to an aromatic ring is 1. The van der Waals surface area contributed by atoms with Crippen molar-refractivity contribution in [2.24, 2.45) is 5.92 Å².